The third kappa shape index (κ3) is 2.67. The number of rotatable bonds is 3. The standard InChI is InChI=1S/C14H23NO/c1-10-8-13(11(2)16-10)14(15)9-12-6-4-3-5-7-12/h8,12,14H,3-7,9,15H2,1-2H3. The Morgan fingerprint density at radius 2 is 2.00 bits per heavy atom. The van der Waals surface area contributed by atoms with Crippen LogP contribution < -0.4 is 5.73 Å². The highest BCUT2D eigenvalue weighted by Gasteiger charge is 2.20. The Morgan fingerprint density at radius 1 is 1.31 bits per heavy atom. The van der Waals surface area contributed by atoms with Gasteiger partial charge in [-0.2, -0.15) is 0 Å². The van der Waals surface area contributed by atoms with Crippen molar-refractivity contribution in [3.05, 3.63) is 23.2 Å². The van der Waals surface area contributed by atoms with E-state index in [4.69, 9.17) is 10.2 Å². The molecule has 1 atom stereocenters. The van der Waals surface area contributed by atoms with Crippen molar-refractivity contribution in [1.29, 1.82) is 0 Å². The molecule has 1 aromatic heterocycles. The minimum Gasteiger partial charge on any atom is -0.466 e. The fourth-order valence-electron chi connectivity index (χ4n) is 2.93. The fourth-order valence-corrected chi connectivity index (χ4v) is 2.93. The van der Waals surface area contributed by atoms with Gasteiger partial charge in [0.25, 0.3) is 0 Å². The summed E-state index contributed by atoms with van der Waals surface area (Å²) in [6.45, 7) is 4.01. The van der Waals surface area contributed by atoms with E-state index in [-0.39, 0.29) is 6.04 Å². The Balaban J connectivity index is 1.96. The molecule has 0 amide bonds. The highest BCUT2D eigenvalue weighted by molar-refractivity contribution is 5.23. The SMILES string of the molecule is Cc1cc(C(N)CC2CCCCC2)c(C)o1. The zero-order chi connectivity index (χ0) is 11.5. The highest BCUT2D eigenvalue weighted by atomic mass is 16.3. The van der Waals surface area contributed by atoms with Crippen molar-refractivity contribution in [2.75, 3.05) is 0 Å². The highest BCUT2D eigenvalue weighted by Crippen LogP contribution is 2.32. The van der Waals surface area contributed by atoms with E-state index in [1.807, 2.05) is 13.8 Å². The zero-order valence-corrected chi connectivity index (χ0v) is 10.5. The van der Waals surface area contributed by atoms with Crippen LogP contribution in [-0.2, 0) is 0 Å². The molecule has 2 rings (SSSR count). The molecule has 0 aromatic carbocycles. The molecule has 1 aliphatic rings. The van der Waals surface area contributed by atoms with Gasteiger partial charge in [-0.1, -0.05) is 32.1 Å². The van der Waals surface area contributed by atoms with Crippen LogP contribution in [0.2, 0.25) is 0 Å². The van der Waals surface area contributed by atoms with Crippen molar-refractivity contribution in [3.63, 3.8) is 0 Å². The zero-order valence-electron chi connectivity index (χ0n) is 10.5. The first-order valence-corrected chi connectivity index (χ1v) is 6.49. The lowest BCUT2D eigenvalue weighted by atomic mass is 9.83. The number of hydrogen-bond acceptors (Lipinski definition) is 2. The minimum atomic E-state index is 0.167. The van der Waals surface area contributed by atoms with Crippen molar-refractivity contribution in [1.82, 2.24) is 0 Å². The summed E-state index contributed by atoms with van der Waals surface area (Å²) in [6.07, 6.45) is 8.05. The molecule has 2 nitrogen and oxygen atoms in total. The van der Waals surface area contributed by atoms with Crippen LogP contribution in [0.5, 0.6) is 0 Å². The third-order valence-electron chi connectivity index (χ3n) is 3.79. The van der Waals surface area contributed by atoms with Gasteiger partial charge in [0.15, 0.2) is 0 Å². The van der Waals surface area contributed by atoms with Crippen LogP contribution >= 0.6 is 0 Å². The average Bonchev–Trinajstić information content (AvgIpc) is 2.59. The first-order valence-electron chi connectivity index (χ1n) is 6.49. The first-order chi connectivity index (χ1) is 7.66. The summed E-state index contributed by atoms with van der Waals surface area (Å²) < 4.78 is 5.54. The molecular formula is C14H23NO. The number of nitrogens with two attached hydrogens (primary N) is 1. The van der Waals surface area contributed by atoms with E-state index in [2.05, 4.69) is 6.07 Å². The molecule has 0 radical (unpaired) electrons. The molecule has 16 heavy (non-hydrogen) atoms. The summed E-state index contributed by atoms with van der Waals surface area (Å²) >= 11 is 0. The second-order valence-electron chi connectivity index (χ2n) is 5.21. The molecule has 1 heterocycles. The van der Waals surface area contributed by atoms with Crippen LogP contribution in [0.15, 0.2) is 10.5 Å². The largest absolute Gasteiger partial charge is 0.466 e. The molecular weight excluding hydrogens is 198 g/mol. The van der Waals surface area contributed by atoms with Gasteiger partial charge in [0.1, 0.15) is 11.5 Å². The van der Waals surface area contributed by atoms with E-state index in [0.717, 1.165) is 23.9 Å². The number of hydrogen-bond donors (Lipinski definition) is 1. The van der Waals surface area contributed by atoms with E-state index in [9.17, 15) is 0 Å². The van der Waals surface area contributed by atoms with Gasteiger partial charge in [-0.3, -0.25) is 0 Å². The summed E-state index contributed by atoms with van der Waals surface area (Å²) in [7, 11) is 0. The van der Waals surface area contributed by atoms with Crippen molar-refractivity contribution >= 4 is 0 Å². The molecule has 2 heteroatoms. The van der Waals surface area contributed by atoms with Crippen molar-refractivity contribution in [2.45, 2.75) is 58.4 Å². The maximum absolute atomic E-state index is 6.28. The molecule has 1 saturated carbocycles. The summed E-state index contributed by atoms with van der Waals surface area (Å²) in [5.74, 6) is 2.81. The number of furan rings is 1. The first kappa shape index (κ1) is 11.7. The molecule has 0 saturated heterocycles. The monoisotopic (exact) mass is 221 g/mol. The molecule has 0 spiro atoms. The Morgan fingerprint density at radius 3 is 2.56 bits per heavy atom. The third-order valence-corrected chi connectivity index (χ3v) is 3.79. The lowest BCUT2D eigenvalue weighted by Gasteiger charge is -2.24. The van der Waals surface area contributed by atoms with E-state index >= 15 is 0 Å². The second-order valence-corrected chi connectivity index (χ2v) is 5.21. The van der Waals surface area contributed by atoms with E-state index in [0.29, 0.717) is 0 Å². The second kappa shape index (κ2) is 5.05. The van der Waals surface area contributed by atoms with Gasteiger partial charge in [0, 0.05) is 11.6 Å². The summed E-state index contributed by atoms with van der Waals surface area (Å²) in [4.78, 5) is 0. The van der Waals surface area contributed by atoms with Crippen molar-refractivity contribution < 1.29 is 4.42 Å². The average molecular weight is 221 g/mol. The Hall–Kier alpha value is -0.760. The summed E-state index contributed by atoms with van der Waals surface area (Å²) in [6, 6.07) is 2.27. The molecule has 0 aliphatic heterocycles. The molecule has 1 aromatic rings. The Bertz CT molecular complexity index is 337. The smallest absolute Gasteiger partial charge is 0.105 e. The molecule has 1 aliphatic carbocycles. The minimum absolute atomic E-state index is 0.167. The van der Waals surface area contributed by atoms with Crippen LogP contribution in [0.4, 0.5) is 0 Å². The van der Waals surface area contributed by atoms with E-state index in [1.165, 1.54) is 37.7 Å². The topological polar surface area (TPSA) is 39.2 Å². The van der Waals surface area contributed by atoms with Crippen molar-refractivity contribution in [3.8, 4) is 0 Å². The molecule has 1 fully saturated rings. The quantitative estimate of drug-likeness (QED) is 0.841. The van der Waals surface area contributed by atoms with Crippen LogP contribution in [0.25, 0.3) is 0 Å². The van der Waals surface area contributed by atoms with Crippen LogP contribution in [-0.4, -0.2) is 0 Å². The van der Waals surface area contributed by atoms with Crippen LogP contribution in [0, 0.1) is 19.8 Å². The van der Waals surface area contributed by atoms with Crippen LogP contribution in [0.3, 0.4) is 0 Å². The van der Waals surface area contributed by atoms with Crippen LogP contribution in [0.1, 0.15) is 61.7 Å². The van der Waals surface area contributed by atoms with Gasteiger partial charge >= 0.3 is 0 Å². The van der Waals surface area contributed by atoms with E-state index in [1.54, 1.807) is 0 Å². The molecule has 1 unspecified atom stereocenters. The maximum Gasteiger partial charge on any atom is 0.105 e. The lowest BCUT2D eigenvalue weighted by molar-refractivity contribution is 0.318. The Labute approximate surface area is 98.2 Å². The van der Waals surface area contributed by atoms with Gasteiger partial charge < -0.3 is 10.2 Å². The Kier molecular flexibility index (Phi) is 3.70. The van der Waals surface area contributed by atoms with Gasteiger partial charge in [0.2, 0.25) is 0 Å². The van der Waals surface area contributed by atoms with E-state index < -0.39 is 0 Å². The van der Waals surface area contributed by atoms with Gasteiger partial charge in [-0.05, 0) is 32.3 Å². The number of aryl methyl sites for hydroxylation is 2. The fraction of sp³-hybridized carbons (Fsp3) is 0.714. The van der Waals surface area contributed by atoms with Crippen molar-refractivity contribution in [2.24, 2.45) is 11.7 Å². The summed E-state index contributed by atoms with van der Waals surface area (Å²) in [5, 5.41) is 0. The van der Waals surface area contributed by atoms with Gasteiger partial charge in [0.05, 0.1) is 0 Å². The van der Waals surface area contributed by atoms with Gasteiger partial charge in [-0.25, -0.2) is 0 Å². The predicted molar refractivity (Wildman–Crippen MR) is 66.3 cm³/mol. The molecule has 2 N–H and O–H groups in total. The predicted octanol–water partition coefficient (Wildman–Crippen LogP) is 3.87. The summed E-state index contributed by atoms with van der Waals surface area (Å²) in [5.41, 5.74) is 7.49. The maximum atomic E-state index is 6.28. The molecule has 90 valence electrons. The molecule has 0 bridgehead atoms. The normalized spacial score (nSPS) is 19.9. The van der Waals surface area contributed by atoms with Gasteiger partial charge in [-0.15, -0.1) is 0 Å². The lowest BCUT2D eigenvalue weighted by Crippen LogP contribution is -2.17.